The number of rotatable bonds is 34. The predicted octanol–water partition coefficient (Wildman–Crippen LogP) is 12.7. The Hall–Kier alpha value is -1.12. The molecule has 0 saturated carbocycles. The highest BCUT2D eigenvalue weighted by Gasteiger charge is 2.05. The molecule has 0 rings (SSSR count). The van der Waals surface area contributed by atoms with E-state index in [9.17, 15) is 5.11 Å². The minimum Gasteiger partial charge on any atom is -0.396 e. The van der Waals surface area contributed by atoms with Crippen molar-refractivity contribution in [1.29, 1.82) is 0 Å². The maximum Gasteiger partial charge on any atom is 0.0431 e. The minimum atomic E-state index is 0.337. The van der Waals surface area contributed by atoms with Crippen LogP contribution in [0, 0.1) is 0 Å². The van der Waals surface area contributed by atoms with Crippen molar-refractivity contribution < 1.29 is 5.11 Å². The maximum atomic E-state index is 9.20. The van der Waals surface area contributed by atoms with Gasteiger partial charge in [0.2, 0.25) is 0 Å². The molecule has 0 unspecified atom stereocenters. The molecule has 0 spiro atoms. The van der Waals surface area contributed by atoms with Gasteiger partial charge in [0.1, 0.15) is 0 Å². The zero-order chi connectivity index (χ0) is 30.4. The van der Waals surface area contributed by atoms with Gasteiger partial charge in [-0.25, -0.2) is 0 Å². The summed E-state index contributed by atoms with van der Waals surface area (Å²) in [4.78, 5) is 2.68. The molecule has 0 saturated heterocycles. The topological polar surface area (TPSA) is 23.5 Å². The van der Waals surface area contributed by atoms with Gasteiger partial charge in [-0.15, -0.1) is 0 Å². The lowest BCUT2D eigenvalue weighted by molar-refractivity contribution is 0.234. The second-order valence-electron chi connectivity index (χ2n) is 12.4. The molecule has 0 bridgehead atoms. The van der Waals surface area contributed by atoms with Gasteiger partial charge in [-0.1, -0.05) is 140 Å². The third-order valence-electron chi connectivity index (χ3n) is 8.23. The summed E-state index contributed by atoms with van der Waals surface area (Å²) in [6, 6.07) is 0. The Labute approximate surface area is 265 Å². The second kappa shape index (κ2) is 37.9. The van der Waals surface area contributed by atoms with Crippen LogP contribution < -0.4 is 0 Å². The molecule has 0 aromatic carbocycles. The summed E-state index contributed by atoms with van der Waals surface area (Å²) in [6.45, 7) is 8.54. The molecule has 0 atom stereocenters. The van der Waals surface area contributed by atoms with Crippen LogP contribution in [0.2, 0.25) is 0 Å². The molecule has 2 nitrogen and oxygen atoms in total. The van der Waals surface area contributed by atoms with Gasteiger partial charge in [0, 0.05) is 6.61 Å². The van der Waals surface area contributed by atoms with Gasteiger partial charge in [0.25, 0.3) is 0 Å². The van der Waals surface area contributed by atoms with Crippen LogP contribution in [-0.2, 0) is 0 Å². The van der Waals surface area contributed by atoms with Crippen molar-refractivity contribution in [2.24, 2.45) is 0 Å². The fourth-order valence-corrected chi connectivity index (χ4v) is 5.43. The van der Waals surface area contributed by atoms with Crippen LogP contribution in [0.3, 0.4) is 0 Å². The zero-order valence-electron chi connectivity index (χ0n) is 28.7. The molecule has 0 aliphatic heterocycles. The van der Waals surface area contributed by atoms with Crippen LogP contribution in [-0.4, -0.2) is 36.2 Å². The Morgan fingerprint density at radius 1 is 0.357 bits per heavy atom. The Bertz CT molecular complexity index is 557. The monoisotopic (exact) mass is 586 g/mol. The summed E-state index contributed by atoms with van der Waals surface area (Å²) < 4.78 is 0. The van der Waals surface area contributed by atoms with E-state index in [0.29, 0.717) is 6.61 Å². The van der Waals surface area contributed by atoms with Crippen molar-refractivity contribution in [3.63, 3.8) is 0 Å². The van der Waals surface area contributed by atoms with Crippen LogP contribution in [0.15, 0.2) is 48.6 Å². The van der Waals surface area contributed by atoms with Gasteiger partial charge in [0.05, 0.1) is 0 Å². The average Bonchev–Trinajstić information content (AvgIpc) is 3.00. The highest BCUT2D eigenvalue weighted by atomic mass is 16.2. The molecule has 1 N–H and O–H groups in total. The molecule has 42 heavy (non-hydrogen) atoms. The summed E-state index contributed by atoms with van der Waals surface area (Å²) in [5, 5.41) is 9.20. The number of aliphatic hydroxyl groups excluding tert-OH is 1. The van der Waals surface area contributed by atoms with Gasteiger partial charge < -0.3 is 10.0 Å². The quantitative estimate of drug-likeness (QED) is 0.0599. The van der Waals surface area contributed by atoms with Crippen molar-refractivity contribution in [2.45, 2.75) is 181 Å². The first-order valence-corrected chi connectivity index (χ1v) is 18.8. The average molecular weight is 586 g/mol. The standard InChI is InChI=1S/C40H75NO/c1-3-5-7-9-11-13-15-17-19-21-23-25-27-29-31-33-37-41(39-35-36-40-42)38-34-32-30-28-26-24-22-20-18-16-14-12-10-8-6-4-2/h11-14,17-20,42H,3-10,15-16,21-40H2,1-2H3. The minimum absolute atomic E-state index is 0.337. The molecular weight excluding hydrogens is 510 g/mol. The molecular formula is C40H75NO. The van der Waals surface area contributed by atoms with Gasteiger partial charge in [-0.3, -0.25) is 0 Å². The molecule has 2 heteroatoms. The van der Waals surface area contributed by atoms with Crippen LogP contribution in [0.1, 0.15) is 181 Å². The molecule has 0 amide bonds. The van der Waals surface area contributed by atoms with E-state index in [1.165, 1.54) is 161 Å². The predicted molar refractivity (Wildman–Crippen MR) is 191 cm³/mol. The fourth-order valence-electron chi connectivity index (χ4n) is 5.43. The first-order chi connectivity index (χ1) is 20.8. The Morgan fingerprint density at radius 2 is 0.667 bits per heavy atom. The molecule has 0 fully saturated rings. The van der Waals surface area contributed by atoms with E-state index < -0.39 is 0 Å². The molecule has 0 aliphatic carbocycles. The molecule has 0 aromatic heterocycles. The van der Waals surface area contributed by atoms with Crippen molar-refractivity contribution in [1.82, 2.24) is 4.90 Å². The summed E-state index contributed by atoms with van der Waals surface area (Å²) in [7, 11) is 0. The van der Waals surface area contributed by atoms with Gasteiger partial charge in [0.15, 0.2) is 0 Å². The summed E-state index contributed by atoms with van der Waals surface area (Å²) in [5.41, 5.74) is 0. The number of unbranched alkanes of at least 4 members (excludes halogenated alkanes) is 19. The number of aliphatic hydroxyl groups is 1. The lowest BCUT2D eigenvalue weighted by Crippen LogP contribution is -2.27. The maximum absolute atomic E-state index is 9.20. The Kier molecular flexibility index (Phi) is 36.9. The van der Waals surface area contributed by atoms with E-state index in [1.807, 2.05) is 0 Å². The van der Waals surface area contributed by atoms with E-state index in [0.717, 1.165) is 25.7 Å². The number of allylic oxidation sites excluding steroid dienone is 8. The number of hydrogen-bond acceptors (Lipinski definition) is 2. The first kappa shape index (κ1) is 40.9. The number of nitrogens with zero attached hydrogens (tertiary/aromatic N) is 1. The zero-order valence-corrected chi connectivity index (χ0v) is 28.7. The highest BCUT2D eigenvalue weighted by molar-refractivity contribution is 4.93. The van der Waals surface area contributed by atoms with Gasteiger partial charge in [-0.05, 0) is 110 Å². The van der Waals surface area contributed by atoms with E-state index in [1.54, 1.807) is 0 Å². The molecule has 0 radical (unpaired) electrons. The largest absolute Gasteiger partial charge is 0.396 e. The molecule has 246 valence electrons. The lowest BCUT2D eigenvalue weighted by atomic mass is 10.1. The van der Waals surface area contributed by atoms with Crippen molar-refractivity contribution in [3.8, 4) is 0 Å². The molecule has 0 aliphatic rings. The third kappa shape index (κ3) is 35.1. The highest BCUT2D eigenvalue weighted by Crippen LogP contribution is 2.12. The number of hydrogen-bond donors (Lipinski definition) is 1. The van der Waals surface area contributed by atoms with E-state index in [2.05, 4.69) is 67.4 Å². The SMILES string of the molecule is CCCCCC=CCC=CCCCCCCCCN(CCCCO)CCCCCCCCC=CCC=CCCCCC. The lowest BCUT2D eigenvalue weighted by Gasteiger charge is -2.22. The Balaban J connectivity index is 3.69. The summed E-state index contributed by atoms with van der Waals surface area (Å²) >= 11 is 0. The van der Waals surface area contributed by atoms with Crippen molar-refractivity contribution in [3.05, 3.63) is 48.6 Å². The van der Waals surface area contributed by atoms with Crippen LogP contribution in [0.25, 0.3) is 0 Å². The van der Waals surface area contributed by atoms with Crippen LogP contribution >= 0.6 is 0 Å². The van der Waals surface area contributed by atoms with E-state index >= 15 is 0 Å². The van der Waals surface area contributed by atoms with Crippen molar-refractivity contribution >= 4 is 0 Å². The Morgan fingerprint density at radius 3 is 1.02 bits per heavy atom. The first-order valence-electron chi connectivity index (χ1n) is 18.8. The molecule has 0 aromatic rings. The van der Waals surface area contributed by atoms with Crippen LogP contribution in [0.4, 0.5) is 0 Å². The van der Waals surface area contributed by atoms with Gasteiger partial charge >= 0.3 is 0 Å². The van der Waals surface area contributed by atoms with E-state index in [-0.39, 0.29) is 0 Å². The summed E-state index contributed by atoms with van der Waals surface area (Å²) in [5.74, 6) is 0. The second-order valence-corrected chi connectivity index (χ2v) is 12.4. The fraction of sp³-hybridized carbons (Fsp3) is 0.800. The van der Waals surface area contributed by atoms with E-state index in [4.69, 9.17) is 0 Å². The van der Waals surface area contributed by atoms with Gasteiger partial charge in [-0.2, -0.15) is 0 Å². The summed E-state index contributed by atoms with van der Waals surface area (Å²) in [6.07, 6.45) is 52.6. The normalized spacial score (nSPS) is 12.5. The van der Waals surface area contributed by atoms with Crippen LogP contribution in [0.5, 0.6) is 0 Å². The third-order valence-corrected chi connectivity index (χ3v) is 8.23. The van der Waals surface area contributed by atoms with Crippen molar-refractivity contribution in [2.75, 3.05) is 26.2 Å². The molecule has 0 heterocycles. The smallest absolute Gasteiger partial charge is 0.0431 e.